The lowest BCUT2D eigenvalue weighted by Gasteiger charge is -2.19. The second kappa shape index (κ2) is 11.3. The Morgan fingerprint density at radius 2 is 1.64 bits per heavy atom. The number of alkyl carbamates (subject to hydrolysis) is 1. The highest BCUT2D eigenvalue weighted by atomic mass is 127. The van der Waals surface area contributed by atoms with E-state index in [1.54, 1.807) is 7.11 Å². The summed E-state index contributed by atoms with van der Waals surface area (Å²) in [4.78, 5) is 11.5. The Bertz CT molecular complexity index is 559. The molecule has 0 aliphatic heterocycles. The van der Waals surface area contributed by atoms with Crippen LogP contribution in [0, 0.1) is 7.14 Å². The van der Waals surface area contributed by atoms with E-state index >= 15 is 0 Å². The summed E-state index contributed by atoms with van der Waals surface area (Å²) in [5, 5.41) is 2.77. The van der Waals surface area contributed by atoms with Gasteiger partial charge in [-0.2, -0.15) is 0 Å². The summed E-state index contributed by atoms with van der Waals surface area (Å²) in [5.41, 5.74) is -0.446. The van der Waals surface area contributed by atoms with Crippen molar-refractivity contribution < 1.29 is 19.0 Å². The molecule has 0 bridgehead atoms. The minimum absolute atomic E-state index is 0.348. The van der Waals surface area contributed by atoms with Crippen LogP contribution in [0.15, 0.2) is 12.1 Å². The van der Waals surface area contributed by atoms with Crippen molar-refractivity contribution in [3.8, 4) is 11.5 Å². The Balaban J connectivity index is 2.13. The fourth-order valence-electron chi connectivity index (χ4n) is 2.04. The van der Waals surface area contributed by atoms with Gasteiger partial charge >= 0.3 is 6.09 Å². The van der Waals surface area contributed by atoms with E-state index in [2.05, 4.69) is 50.5 Å². The van der Waals surface area contributed by atoms with Crippen LogP contribution in [0.2, 0.25) is 0 Å². The van der Waals surface area contributed by atoms with Crippen LogP contribution in [0.5, 0.6) is 11.5 Å². The maximum Gasteiger partial charge on any atom is 0.407 e. The quantitative estimate of drug-likeness (QED) is 0.318. The van der Waals surface area contributed by atoms with Gasteiger partial charge < -0.3 is 19.5 Å². The first-order valence-corrected chi connectivity index (χ1v) is 10.5. The van der Waals surface area contributed by atoms with Gasteiger partial charge in [0.1, 0.15) is 17.1 Å². The number of unbranched alkanes of at least 4 members (excludes halogenated alkanes) is 3. The number of rotatable bonds is 9. The summed E-state index contributed by atoms with van der Waals surface area (Å²) in [7, 11) is 1.67. The molecule has 0 unspecified atom stereocenters. The number of benzene rings is 1. The third-order valence-corrected chi connectivity index (χ3v) is 4.89. The smallest absolute Gasteiger partial charge is 0.407 e. The van der Waals surface area contributed by atoms with Crippen LogP contribution in [0.1, 0.15) is 46.5 Å². The van der Waals surface area contributed by atoms with Crippen molar-refractivity contribution in [2.45, 2.75) is 52.1 Å². The molecule has 1 aromatic carbocycles. The number of ether oxygens (including phenoxy) is 3. The highest BCUT2D eigenvalue weighted by Crippen LogP contribution is 2.31. The first-order chi connectivity index (χ1) is 11.7. The summed E-state index contributed by atoms with van der Waals surface area (Å²) in [6.45, 7) is 6.91. The molecule has 0 fully saturated rings. The van der Waals surface area contributed by atoms with Crippen LogP contribution in [0.4, 0.5) is 4.79 Å². The molecule has 0 heterocycles. The second-order valence-corrected chi connectivity index (χ2v) is 8.93. The number of amides is 1. The molecule has 142 valence electrons. The van der Waals surface area contributed by atoms with Crippen LogP contribution < -0.4 is 14.8 Å². The Kier molecular flexibility index (Phi) is 10.2. The summed E-state index contributed by atoms with van der Waals surface area (Å²) in [6.07, 6.45) is 3.71. The lowest BCUT2D eigenvalue weighted by molar-refractivity contribution is 0.0527. The van der Waals surface area contributed by atoms with Crippen LogP contribution in [0.3, 0.4) is 0 Å². The Morgan fingerprint density at radius 1 is 1.04 bits per heavy atom. The van der Waals surface area contributed by atoms with E-state index in [4.69, 9.17) is 14.2 Å². The van der Waals surface area contributed by atoms with Crippen molar-refractivity contribution >= 4 is 51.3 Å². The summed E-state index contributed by atoms with van der Waals surface area (Å²) in [5.74, 6) is 1.77. The first-order valence-electron chi connectivity index (χ1n) is 8.35. The molecular formula is C18H27I2NO4. The van der Waals surface area contributed by atoms with E-state index in [9.17, 15) is 4.79 Å². The zero-order valence-corrected chi connectivity index (χ0v) is 19.6. The van der Waals surface area contributed by atoms with Gasteiger partial charge in [-0.25, -0.2) is 4.79 Å². The third kappa shape index (κ3) is 9.72. The predicted molar refractivity (Wildman–Crippen MR) is 117 cm³/mol. The van der Waals surface area contributed by atoms with Gasteiger partial charge in [0.05, 0.1) is 20.9 Å². The van der Waals surface area contributed by atoms with Gasteiger partial charge in [-0.15, -0.1) is 0 Å². The van der Waals surface area contributed by atoms with Crippen LogP contribution in [-0.2, 0) is 4.74 Å². The highest BCUT2D eigenvalue weighted by molar-refractivity contribution is 14.1. The number of nitrogens with one attached hydrogen (secondary N) is 1. The van der Waals surface area contributed by atoms with Gasteiger partial charge in [0.15, 0.2) is 0 Å². The molecule has 25 heavy (non-hydrogen) atoms. The first kappa shape index (κ1) is 22.6. The number of hydrogen-bond acceptors (Lipinski definition) is 4. The van der Waals surface area contributed by atoms with E-state index in [-0.39, 0.29) is 6.09 Å². The normalized spacial score (nSPS) is 11.1. The molecule has 0 saturated carbocycles. The zero-order chi connectivity index (χ0) is 18.9. The van der Waals surface area contributed by atoms with E-state index < -0.39 is 5.60 Å². The van der Waals surface area contributed by atoms with E-state index in [1.165, 1.54) is 0 Å². The zero-order valence-electron chi connectivity index (χ0n) is 15.3. The number of hydrogen-bond donors (Lipinski definition) is 1. The van der Waals surface area contributed by atoms with Crippen molar-refractivity contribution in [1.82, 2.24) is 5.32 Å². The predicted octanol–water partition coefficient (Wildman–Crippen LogP) is 5.37. The maximum absolute atomic E-state index is 11.5. The minimum Gasteiger partial charge on any atom is -0.496 e. The average Bonchev–Trinajstić information content (AvgIpc) is 2.50. The topological polar surface area (TPSA) is 56.8 Å². The van der Waals surface area contributed by atoms with Gasteiger partial charge in [0.25, 0.3) is 0 Å². The molecule has 1 N–H and O–H groups in total. The van der Waals surface area contributed by atoms with Gasteiger partial charge in [-0.05, 0) is 90.9 Å². The number of halogens is 2. The maximum atomic E-state index is 11.5. The Hall–Kier alpha value is -0.450. The van der Waals surface area contributed by atoms with E-state index in [0.717, 1.165) is 44.3 Å². The van der Waals surface area contributed by atoms with Crippen molar-refractivity contribution in [3.05, 3.63) is 19.3 Å². The van der Waals surface area contributed by atoms with Crippen molar-refractivity contribution in [2.24, 2.45) is 0 Å². The Morgan fingerprint density at radius 3 is 2.28 bits per heavy atom. The second-order valence-electron chi connectivity index (χ2n) is 6.61. The van der Waals surface area contributed by atoms with E-state index in [0.29, 0.717) is 13.2 Å². The average molecular weight is 575 g/mol. The fourth-order valence-corrected chi connectivity index (χ4v) is 3.30. The van der Waals surface area contributed by atoms with Crippen LogP contribution in [0.25, 0.3) is 0 Å². The summed E-state index contributed by atoms with van der Waals surface area (Å²) >= 11 is 4.51. The molecule has 0 aliphatic rings. The van der Waals surface area contributed by atoms with E-state index in [1.807, 2.05) is 32.9 Å². The van der Waals surface area contributed by atoms with Crippen LogP contribution in [-0.4, -0.2) is 32.0 Å². The van der Waals surface area contributed by atoms with Crippen molar-refractivity contribution in [1.29, 1.82) is 0 Å². The van der Waals surface area contributed by atoms with Gasteiger partial charge in [0, 0.05) is 6.54 Å². The van der Waals surface area contributed by atoms with Gasteiger partial charge in [-0.3, -0.25) is 0 Å². The largest absolute Gasteiger partial charge is 0.496 e. The van der Waals surface area contributed by atoms with Crippen LogP contribution >= 0.6 is 45.2 Å². The molecule has 0 radical (unpaired) electrons. The molecule has 5 nitrogen and oxygen atoms in total. The summed E-state index contributed by atoms with van der Waals surface area (Å²) in [6, 6.07) is 3.99. The number of carbonyl (C=O) groups is 1. The third-order valence-electron chi connectivity index (χ3n) is 3.20. The SMILES string of the molecule is COc1cc(I)c(OCCCCCCNC(=O)OC(C)(C)C)cc1I. The molecular weight excluding hydrogens is 548 g/mol. The summed E-state index contributed by atoms with van der Waals surface area (Å²) < 4.78 is 18.4. The molecule has 1 aromatic rings. The number of carbonyl (C=O) groups excluding carboxylic acids is 1. The van der Waals surface area contributed by atoms with Crippen molar-refractivity contribution in [2.75, 3.05) is 20.3 Å². The standard InChI is InChI=1S/C18H27I2NO4/c1-18(2,3)25-17(22)21-9-7-5-6-8-10-24-16-12-13(19)15(23-4)11-14(16)20/h11-12H,5-10H2,1-4H3,(H,21,22). The minimum atomic E-state index is -0.446. The fraction of sp³-hybridized carbons (Fsp3) is 0.611. The highest BCUT2D eigenvalue weighted by Gasteiger charge is 2.15. The molecule has 0 atom stereocenters. The van der Waals surface area contributed by atoms with Gasteiger partial charge in [0.2, 0.25) is 0 Å². The molecule has 1 amide bonds. The Labute approximate surface area is 177 Å². The molecule has 1 rings (SSSR count). The monoisotopic (exact) mass is 575 g/mol. The molecule has 0 aromatic heterocycles. The van der Waals surface area contributed by atoms with Crippen molar-refractivity contribution in [3.63, 3.8) is 0 Å². The molecule has 0 spiro atoms. The molecule has 0 saturated heterocycles. The van der Waals surface area contributed by atoms with Gasteiger partial charge in [-0.1, -0.05) is 12.8 Å². The molecule has 0 aliphatic carbocycles. The number of methoxy groups -OCH3 is 1. The molecule has 7 heteroatoms. The lowest BCUT2D eigenvalue weighted by Crippen LogP contribution is -2.32. The lowest BCUT2D eigenvalue weighted by atomic mass is 10.2.